The lowest BCUT2D eigenvalue weighted by Gasteiger charge is -2.14. The number of nitrogens with zero attached hydrogens (tertiary/aromatic N) is 1. The lowest BCUT2D eigenvalue weighted by molar-refractivity contribution is -0.137. The minimum Gasteiger partial charge on any atom is -0.456 e. The Morgan fingerprint density at radius 3 is 1.92 bits per heavy atom. The molecule has 0 saturated heterocycles. The topological polar surface area (TPSA) is 114 Å². The smallest absolute Gasteiger partial charge is 0.416 e. The van der Waals surface area contributed by atoms with E-state index in [-0.39, 0.29) is 44.5 Å². The van der Waals surface area contributed by atoms with E-state index in [0.29, 0.717) is 49.2 Å². The number of hydrogen-bond acceptors (Lipinski definition) is 8. The Morgan fingerprint density at radius 2 is 1.24 bits per heavy atom. The minimum atomic E-state index is -4.44. The summed E-state index contributed by atoms with van der Waals surface area (Å²) < 4.78 is 87.2. The molecule has 0 aliphatic heterocycles. The molecular weight excluding hydrogens is 687 g/mol. The number of rotatable bonds is 12. The molecule has 0 aliphatic carbocycles. The second kappa shape index (κ2) is 13.6. The number of hydrogen-bond donors (Lipinski definition) is 0. The van der Waals surface area contributed by atoms with Gasteiger partial charge >= 0.3 is 6.18 Å². The van der Waals surface area contributed by atoms with E-state index in [0.717, 1.165) is 27.6 Å². The van der Waals surface area contributed by atoms with Crippen molar-refractivity contribution >= 4 is 53.6 Å². The molecule has 262 valence electrons. The number of benzene rings is 5. The average molecular weight is 718 g/mol. The fraction of sp³-hybridized carbons (Fsp3) is 0.211. The predicted molar refractivity (Wildman–Crippen MR) is 187 cm³/mol. The summed E-state index contributed by atoms with van der Waals surface area (Å²) in [7, 11) is -3.89. The summed E-state index contributed by atoms with van der Waals surface area (Å²) in [6.07, 6.45) is -4.44. The van der Waals surface area contributed by atoms with Crippen LogP contribution in [0.2, 0.25) is 0 Å². The fourth-order valence-corrected chi connectivity index (χ4v) is 7.04. The number of aryl methyl sites for hydroxylation is 1. The molecule has 0 atom stereocenters. The molecule has 7 aromatic rings. The van der Waals surface area contributed by atoms with Crippen LogP contribution in [0.4, 0.5) is 13.2 Å². The molecule has 5 aromatic carbocycles. The van der Waals surface area contributed by atoms with Gasteiger partial charge in [0, 0.05) is 26.9 Å². The van der Waals surface area contributed by atoms with Gasteiger partial charge in [-0.15, -0.1) is 0 Å². The summed E-state index contributed by atoms with van der Waals surface area (Å²) in [5.41, 5.74) is 1.52. The van der Waals surface area contributed by atoms with Crippen LogP contribution in [0.1, 0.15) is 11.1 Å². The third kappa shape index (κ3) is 6.73. The number of fused-ring (bicyclic) bond motifs is 2. The van der Waals surface area contributed by atoms with Gasteiger partial charge in [0.05, 0.1) is 50.0 Å². The first-order valence-electron chi connectivity index (χ1n) is 16.0. The molecule has 0 spiro atoms. The van der Waals surface area contributed by atoms with Gasteiger partial charge in [0.1, 0.15) is 11.2 Å². The predicted octanol–water partition coefficient (Wildman–Crippen LogP) is 7.29. The lowest BCUT2D eigenvalue weighted by atomic mass is 9.95. The van der Waals surface area contributed by atoms with Crippen LogP contribution in [0.5, 0.6) is 0 Å². The summed E-state index contributed by atoms with van der Waals surface area (Å²) >= 11 is 0. The van der Waals surface area contributed by atoms with E-state index in [2.05, 4.69) is 0 Å². The number of aromatic nitrogens is 1. The third-order valence-electron chi connectivity index (χ3n) is 8.72. The van der Waals surface area contributed by atoms with Gasteiger partial charge in [0.2, 0.25) is 0 Å². The highest BCUT2D eigenvalue weighted by Crippen LogP contribution is 2.38. The van der Waals surface area contributed by atoms with Crippen molar-refractivity contribution < 1.29 is 39.7 Å². The summed E-state index contributed by atoms with van der Waals surface area (Å²) in [5, 5.41) is 3.16. The zero-order valence-corrected chi connectivity index (χ0v) is 28.0. The Bertz CT molecular complexity index is 2580. The van der Waals surface area contributed by atoms with E-state index < -0.39 is 33.0 Å². The van der Waals surface area contributed by atoms with Gasteiger partial charge in [0.15, 0.2) is 0 Å². The Balaban J connectivity index is 1.05. The normalized spacial score (nSPS) is 12.5. The molecule has 0 radical (unpaired) electrons. The maximum atomic E-state index is 13.6. The number of pyridine rings is 1. The van der Waals surface area contributed by atoms with Crippen molar-refractivity contribution in [2.24, 2.45) is 0 Å². The Hall–Kier alpha value is -5.08. The average Bonchev–Trinajstić information content (AvgIpc) is 3.11. The van der Waals surface area contributed by atoms with Gasteiger partial charge in [0.25, 0.3) is 21.2 Å². The van der Waals surface area contributed by atoms with Crippen molar-refractivity contribution in [3.63, 3.8) is 0 Å². The molecule has 2 aromatic heterocycles. The molecule has 0 aliphatic rings. The molecule has 0 unspecified atom stereocenters. The van der Waals surface area contributed by atoms with Crippen LogP contribution >= 0.6 is 0 Å². The Labute approximate surface area is 288 Å². The van der Waals surface area contributed by atoms with Crippen molar-refractivity contribution in [1.82, 2.24) is 4.57 Å². The van der Waals surface area contributed by atoms with Gasteiger partial charge in [-0.1, -0.05) is 42.0 Å². The highest BCUT2D eigenvalue weighted by Gasteiger charge is 2.30. The molecule has 0 bridgehead atoms. The van der Waals surface area contributed by atoms with E-state index in [1.807, 2.05) is 13.0 Å². The van der Waals surface area contributed by atoms with E-state index in [1.54, 1.807) is 48.5 Å². The molecule has 0 N–H and O–H groups in total. The van der Waals surface area contributed by atoms with E-state index in [1.165, 1.54) is 24.3 Å². The van der Waals surface area contributed by atoms with Gasteiger partial charge in [-0.2, -0.15) is 21.6 Å². The molecule has 0 fully saturated rings. The monoisotopic (exact) mass is 717 g/mol. The van der Waals surface area contributed by atoms with E-state index in [4.69, 9.17) is 18.1 Å². The molecule has 9 nitrogen and oxygen atoms in total. The summed E-state index contributed by atoms with van der Waals surface area (Å²) in [6.45, 7) is 2.04. The first kappa shape index (κ1) is 34.4. The van der Waals surface area contributed by atoms with Gasteiger partial charge in [-0.25, -0.2) is 0 Å². The molecular formula is C38H30F3NO8S. The highest BCUT2D eigenvalue weighted by atomic mass is 32.2. The second-order valence-electron chi connectivity index (χ2n) is 12.0. The first-order chi connectivity index (χ1) is 24.4. The van der Waals surface area contributed by atoms with Crippen LogP contribution in [-0.4, -0.2) is 46.0 Å². The van der Waals surface area contributed by atoms with E-state index >= 15 is 0 Å². The molecule has 7 rings (SSSR count). The lowest BCUT2D eigenvalue weighted by Crippen LogP contribution is -2.34. The zero-order chi connectivity index (χ0) is 35.9. The molecule has 0 amide bonds. The maximum absolute atomic E-state index is 13.6. The Morgan fingerprint density at radius 1 is 0.647 bits per heavy atom. The largest absolute Gasteiger partial charge is 0.456 e. The second-order valence-corrected chi connectivity index (χ2v) is 13.6. The van der Waals surface area contributed by atoms with Crippen molar-refractivity contribution in [1.29, 1.82) is 0 Å². The summed E-state index contributed by atoms with van der Waals surface area (Å²) in [4.78, 5) is 27.3. The summed E-state index contributed by atoms with van der Waals surface area (Å²) in [6, 6.07) is 23.3. The standard InChI is InChI=1S/C38H30F3NO8S/c1-23-2-9-27(10-3-23)51(45,46)49-21-20-48-19-18-47-17-16-42-36(43)29-12-11-28-31-22-25(24-4-7-26(8-5-24)38(39,40)41)6-14-32(31)50-33-15-13-30(37(42)44)34(29)35(28)33/h2-15,22H,16-21H2,1H3. The highest BCUT2D eigenvalue weighted by molar-refractivity contribution is 7.86. The van der Waals surface area contributed by atoms with Gasteiger partial charge in [-0.05, 0) is 78.0 Å². The molecule has 2 heterocycles. The number of ether oxygens (including phenoxy) is 2. The van der Waals surface area contributed by atoms with Crippen LogP contribution in [0.15, 0.2) is 110 Å². The van der Waals surface area contributed by atoms with E-state index in [9.17, 15) is 31.2 Å². The van der Waals surface area contributed by atoms with Crippen LogP contribution < -0.4 is 11.1 Å². The van der Waals surface area contributed by atoms with Crippen molar-refractivity contribution in [3.05, 3.63) is 123 Å². The van der Waals surface area contributed by atoms with Crippen molar-refractivity contribution in [2.75, 3.05) is 33.0 Å². The molecule has 51 heavy (non-hydrogen) atoms. The first-order valence-corrected chi connectivity index (χ1v) is 17.4. The van der Waals surface area contributed by atoms with Crippen LogP contribution in [0.3, 0.4) is 0 Å². The summed E-state index contributed by atoms with van der Waals surface area (Å²) in [5.74, 6) is 0. The van der Waals surface area contributed by atoms with Crippen molar-refractivity contribution in [2.45, 2.75) is 24.5 Å². The SMILES string of the molecule is Cc1ccc(S(=O)(=O)OCCOCCOCCn2c(=O)c3ccc4oc5ccc(-c6ccc(C(F)(F)F)cc6)cc5c5ccc(c2=O)c3c45)cc1. The van der Waals surface area contributed by atoms with Crippen LogP contribution in [-0.2, 0) is 36.5 Å². The Kier molecular flexibility index (Phi) is 9.14. The maximum Gasteiger partial charge on any atom is 0.416 e. The van der Waals surface area contributed by atoms with Crippen molar-refractivity contribution in [3.8, 4) is 11.1 Å². The van der Waals surface area contributed by atoms with Gasteiger partial charge in [-0.3, -0.25) is 18.3 Å². The van der Waals surface area contributed by atoms with Gasteiger partial charge < -0.3 is 13.9 Å². The van der Waals surface area contributed by atoms with Crippen LogP contribution in [0.25, 0.3) is 54.6 Å². The molecule has 0 saturated carbocycles. The number of alkyl halides is 3. The third-order valence-corrected chi connectivity index (χ3v) is 10.0. The quantitative estimate of drug-likeness (QED) is 0.0561. The number of halogens is 3. The molecule has 13 heteroatoms. The zero-order valence-electron chi connectivity index (χ0n) is 27.2. The fourth-order valence-electron chi connectivity index (χ4n) is 6.15. The van der Waals surface area contributed by atoms with Crippen LogP contribution in [0, 0.1) is 6.92 Å². The minimum absolute atomic E-state index is 0.00414.